The minimum Gasteiger partial charge on any atom is -0.332 e. The Morgan fingerprint density at radius 1 is 0.733 bits per heavy atom. The van der Waals surface area contributed by atoms with Crippen LogP contribution in [0.15, 0.2) is 88.1 Å². The standard InChI is InChI=1S/C22H15Br2N5S/c23-16-6-8-18(9-7-16)26-22(30)29-21-27-19(14-4-2-1-3-5-14)11-20(28-21)15-10-17(24)13-25-12-15/h1-13H,(H2,26,27,28,29,30). The molecule has 5 nitrogen and oxygen atoms in total. The van der Waals surface area contributed by atoms with Gasteiger partial charge in [-0.3, -0.25) is 4.98 Å². The fourth-order valence-corrected chi connectivity index (χ4v) is 3.60. The van der Waals surface area contributed by atoms with Crippen LogP contribution in [0.25, 0.3) is 22.5 Å². The largest absolute Gasteiger partial charge is 0.332 e. The third kappa shape index (κ3) is 5.27. The second-order valence-electron chi connectivity index (χ2n) is 6.31. The molecule has 0 spiro atoms. The molecule has 0 radical (unpaired) electrons. The molecule has 4 rings (SSSR count). The van der Waals surface area contributed by atoms with Crippen molar-refractivity contribution in [2.24, 2.45) is 0 Å². The molecule has 2 aromatic heterocycles. The quantitative estimate of drug-likeness (QED) is 0.286. The van der Waals surface area contributed by atoms with E-state index >= 15 is 0 Å². The summed E-state index contributed by atoms with van der Waals surface area (Å²) in [6.07, 6.45) is 3.50. The van der Waals surface area contributed by atoms with Gasteiger partial charge in [-0.05, 0) is 64.5 Å². The van der Waals surface area contributed by atoms with E-state index < -0.39 is 0 Å². The van der Waals surface area contributed by atoms with Gasteiger partial charge < -0.3 is 10.6 Å². The predicted octanol–water partition coefficient (Wildman–Crippen LogP) is 6.54. The highest BCUT2D eigenvalue weighted by atomic mass is 79.9. The summed E-state index contributed by atoms with van der Waals surface area (Å²) in [5, 5.41) is 6.64. The number of anilines is 2. The molecule has 0 fully saturated rings. The van der Waals surface area contributed by atoms with Crippen molar-refractivity contribution >= 4 is 60.8 Å². The molecular formula is C22H15Br2N5S. The van der Waals surface area contributed by atoms with Crippen LogP contribution >= 0.6 is 44.1 Å². The molecule has 0 atom stereocenters. The fraction of sp³-hybridized carbons (Fsp3) is 0. The minimum absolute atomic E-state index is 0.404. The number of hydrogen-bond acceptors (Lipinski definition) is 4. The van der Waals surface area contributed by atoms with E-state index in [0.717, 1.165) is 37.1 Å². The number of nitrogens with one attached hydrogen (secondary N) is 2. The van der Waals surface area contributed by atoms with Crippen molar-refractivity contribution in [3.63, 3.8) is 0 Å². The minimum atomic E-state index is 0.404. The van der Waals surface area contributed by atoms with Gasteiger partial charge in [0.1, 0.15) is 0 Å². The van der Waals surface area contributed by atoms with Crippen LogP contribution in [0, 0.1) is 0 Å². The molecule has 0 unspecified atom stereocenters. The summed E-state index contributed by atoms with van der Waals surface area (Å²) in [6, 6.07) is 21.6. The van der Waals surface area contributed by atoms with Gasteiger partial charge in [0.25, 0.3) is 0 Å². The van der Waals surface area contributed by atoms with Gasteiger partial charge in [-0.2, -0.15) is 0 Å². The van der Waals surface area contributed by atoms with E-state index in [9.17, 15) is 0 Å². The summed E-state index contributed by atoms with van der Waals surface area (Å²) >= 11 is 12.4. The third-order valence-electron chi connectivity index (χ3n) is 4.12. The van der Waals surface area contributed by atoms with Gasteiger partial charge in [0, 0.05) is 38.2 Å². The van der Waals surface area contributed by atoms with E-state index in [1.807, 2.05) is 66.7 Å². The summed E-state index contributed by atoms with van der Waals surface area (Å²) in [7, 11) is 0. The van der Waals surface area contributed by atoms with Crippen molar-refractivity contribution in [2.75, 3.05) is 10.6 Å². The first-order valence-corrected chi connectivity index (χ1v) is 11.0. The summed E-state index contributed by atoms with van der Waals surface area (Å²) in [5.74, 6) is 0.404. The lowest BCUT2D eigenvalue weighted by Crippen LogP contribution is -2.20. The van der Waals surface area contributed by atoms with Gasteiger partial charge in [0.2, 0.25) is 5.95 Å². The lowest BCUT2D eigenvalue weighted by atomic mass is 10.1. The summed E-state index contributed by atoms with van der Waals surface area (Å²) in [4.78, 5) is 13.6. The monoisotopic (exact) mass is 539 g/mol. The van der Waals surface area contributed by atoms with E-state index in [0.29, 0.717) is 11.1 Å². The van der Waals surface area contributed by atoms with Crippen LogP contribution in [-0.4, -0.2) is 20.1 Å². The summed E-state index contributed by atoms with van der Waals surface area (Å²) in [6.45, 7) is 0. The van der Waals surface area contributed by atoms with Gasteiger partial charge in [-0.15, -0.1) is 0 Å². The number of halogens is 2. The molecule has 2 N–H and O–H groups in total. The van der Waals surface area contributed by atoms with Crippen molar-refractivity contribution in [1.82, 2.24) is 15.0 Å². The Morgan fingerprint density at radius 3 is 2.13 bits per heavy atom. The first kappa shape index (κ1) is 20.6. The molecule has 0 amide bonds. The average molecular weight is 541 g/mol. The predicted molar refractivity (Wildman–Crippen MR) is 132 cm³/mol. The normalized spacial score (nSPS) is 10.5. The summed E-state index contributed by atoms with van der Waals surface area (Å²) in [5.41, 5.74) is 4.25. The zero-order valence-electron chi connectivity index (χ0n) is 15.5. The van der Waals surface area contributed by atoms with Crippen LogP contribution in [0.3, 0.4) is 0 Å². The van der Waals surface area contributed by atoms with Crippen molar-refractivity contribution < 1.29 is 0 Å². The van der Waals surface area contributed by atoms with Crippen molar-refractivity contribution in [2.45, 2.75) is 0 Å². The second kappa shape index (κ2) is 9.42. The number of benzene rings is 2. The fourth-order valence-electron chi connectivity index (χ4n) is 2.76. The Morgan fingerprint density at radius 2 is 1.43 bits per heavy atom. The van der Waals surface area contributed by atoms with Gasteiger partial charge in [0.15, 0.2) is 5.11 Å². The Labute approximate surface area is 196 Å². The first-order valence-electron chi connectivity index (χ1n) is 8.96. The lowest BCUT2D eigenvalue weighted by Gasteiger charge is -2.12. The van der Waals surface area contributed by atoms with Gasteiger partial charge in [-0.1, -0.05) is 46.3 Å². The van der Waals surface area contributed by atoms with E-state index in [4.69, 9.17) is 12.2 Å². The first-order chi connectivity index (χ1) is 14.6. The topological polar surface area (TPSA) is 62.7 Å². The number of nitrogens with zero attached hydrogens (tertiary/aromatic N) is 3. The smallest absolute Gasteiger partial charge is 0.230 e. The molecule has 2 aromatic carbocycles. The number of aromatic nitrogens is 3. The molecule has 0 saturated heterocycles. The molecular weight excluding hydrogens is 526 g/mol. The van der Waals surface area contributed by atoms with Gasteiger partial charge >= 0.3 is 0 Å². The van der Waals surface area contributed by atoms with Gasteiger partial charge in [-0.25, -0.2) is 9.97 Å². The molecule has 30 heavy (non-hydrogen) atoms. The van der Waals surface area contributed by atoms with Crippen molar-refractivity contribution in [1.29, 1.82) is 0 Å². The molecule has 4 aromatic rings. The maximum Gasteiger partial charge on any atom is 0.230 e. The maximum atomic E-state index is 5.46. The van der Waals surface area contributed by atoms with Crippen LogP contribution in [0.1, 0.15) is 0 Å². The highest BCUT2D eigenvalue weighted by molar-refractivity contribution is 9.10. The number of rotatable bonds is 4. The molecule has 0 aliphatic carbocycles. The highest BCUT2D eigenvalue weighted by Crippen LogP contribution is 2.26. The van der Waals surface area contributed by atoms with Crippen LogP contribution in [-0.2, 0) is 0 Å². The van der Waals surface area contributed by atoms with E-state index in [1.165, 1.54) is 0 Å². The number of thiocarbonyl (C=S) groups is 1. The van der Waals surface area contributed by atoms with Crippen molar-refractivity contribution in [3.05, 3.63) is 88.1 Å². The Bertz CT molecular complexity index is 1180. The number of pyridine rings is 1. The average Bonchev–Trinajstić information content (AvgIpc) is 2.76. The molecule has 0 saturated carbocycles. The Hall–Kier alpha value is -2.68. The molecule has 0 bridgehead atoms. The third-order valence-corrected chi connectivity index (χ3v) is 5.29. The van der Waals surface area contributed by atoms with Gasteiger partial charge in [0.05, 0.1) is 11.4 Å². The molecule has 0 aliphatic heterocycles. The molecule has 148 valence electrons. The molecule has 0 aliphatic rings. The Balaban J connectivity index is 1.66. The number of hydrogen-bond donors (Lipinski definition) is 2. The zero-order chi connectivity index (χ0) is 20.9. The van der Waals surface area contributed by atoms with E-state index in [1.54, 1.807) is 12.4 Å². The zero-order valence-corrected chi connectivity index (χ0v) is 19.5. The Kier molecular flexibility index (Phi) is 6.47. The molecule has 8 heteroatoms. The highest BCUT2D eigenvalue weighted by Gasteiger charge is 2.11. The van der Waals surface area contributed by atoms with Crippen LogP contribution < -0.4 is 10.6 Å². The van der Waals surface area contributed by atoms with Crippen LogP contribution in [0.5, 0.6) is 0 Å². The summed E-state index contributed by atoms with van der Waals surface area (Å²) < 4.78 is 1.87. The SMILES string of the molecule is S=C(Nc1ccc(Br)cc1)Nc1nc(-c2ccccc2)cc(-c2cncc(Br)c2)n1. The maximum absolute atomic E-state index is 5.46. The van der Waals surface area contributed by atoms with Crippen LogP contribution in [0.2, 0.25) is 0 Å². The lowest BCUT2D eigenvalue weighted by molar-refractivity contribution is 1.17. The van der Waals surface area contributed by atoms with E-state index in [2.05, 4.69) is 57.4 Å². The molecule has 2 heterocycles. The van der Waals surface area contributed by atoms with Crippen LogP contribution in [0.4, 0.5) is 11.6 Å². The van der Waals surface area contributed by atoms with E-state index in [-0.39, 0.29) is 0 Å². The van der Waals surface area contributed by atoms with Crippen molar-refractivity contribution in [3.8, 4) is 22.5 Å². The second-order valence-corrected chi connectivity index (χ2v) is 8.55.